The molecule has 122 valence electrons. The van der Waals surface area contributed by atoms with Crippen LogP contribution in [0.4, 0.5) is 13.2 Å². The van der Waals surface area contributed by atoms with E-state index in [1.54, 1.807) is 13.1 Å². The summed E-state index contributed by atoms with van der Waals surface area (Å²) in [6.45, 7) is 1.60. The highest BCUT2D eigenvalue weighted by Crippen LogP contribution is 2.27. The van der Waals surface area contributed by atoms with Crippen LogP contribution in [0.3, 0.4) is 0 Å². The molecule has 0 saturated carbocycles. The molecular weight excluding hydrogens is 297 g/mol. The average Bonchev–Trinajstić information content (AvgIpc) is 2.48. The van der Waals surface area contributed by atoms with Crippen molar-refractivity contribution >= 4 is 5.91 Å². The molecule has 2 rings (SSSR count). The van der Waals surface area contributed by atoms with E-state index in [0.29, 0.717) is 12.1 Å². The van der Waals surface area contributed by atoms with Gasteiger partial charge in [-0.05, 0) is 25.5 Å². The van der Waals surface area contributed by atoms with E-state index < -0.39 is 6.36 Å². The first-order valence-electron chi connectivity index (χ1n) is 7.16. The van der Waals surface area contributed by atoms with Crippen LogP contribution in [0.15, 0.2) is 24.3 Å². The molecule has 7 heteroatoms. The number of nitrogens with one attached hydrogen (secondary N) is 1. The zero-order valence-electron chi connectivity index (χ0n) is 12.3. The van der Waals surface area contributed by atoms with Gasteiger partial charge in [0.15, 0.2) is 0 Å². The van der Waals surface area contributed by atoms with Gasteiger partial charge < -0.3 is 15.0 Å². The van der Waals surface area contributed by atoms with E-state index in [9.17, 15) is 18.0 Å². The normalized spacial score (nSPS) is 18.8. The molecule has 22 heavy (non-hydrogen) atoms. The van der Waals surface area contributed by atoms with E-state index in [1.807, 2.05) is 0 Å². The van der Waals surface area contributed by atoms with Crippen molar-refractivity contribution in [2.75, 3.05) is 20.1 Å². The second-order valence-electron chi connectivity index (χ2n) is 5.39. The van der Waals surface area contributed by atoms with Gasteiger partial charge in [-0.1, -0.05) is 18.2 Å². The summed E-state index contributed by atoms with van der Waals surface area (Å²) in [6.07, 6.45) is -3.01. The number of benzene rings is 1. The van der Waals surface area contributed by atoms with Gasteiger partial charge in [0.1, 0.15) is 5.75 Å². The fraction of sp³-hybridized carbons (Fsp3) is 0.533. The number of carbonyl (C=O) groups excluding carboxylic acids is 1. The fourth-order valence-corrected chi connectivity index (χ4v) is 2.57. The van der Waals surface area contributed by atoms with E-state index in [2.05, 4.69) is 10.1 Å². The third-order valence-corrected chi connectivity index (χ3v) is 3.63. The van der Waals surface area contributed by atoms with Crippen LogP contribution in [0.1, 0.15) is 18.4 Å². The number of hydrogen-bond donors (Lipinski definition) is 1. The molecule has 1 saturated heterocycles. The number of rotatable bonds is 4. The van der Waals surface area contributed by atoms with E-state index in [-0.39, 0.29) is 24.1 Å². The number of hydrogen-bond acceptors (Lipinski definition) is 3. The van der Waals surface area contributed by atoms with Gasteiger partial charge >= 0.3 is 6.36 Å². The molecule has 0 bridgehead atoms. The van der Waals surface area contributed by atoms with Gasteiger partial charge in [0.2, 0.25) is 5.91 Å². The number of para-hydroxylation sites is 1. The Morgan fingerprint density at radius 1 is 1.41 bits per heavy atom. The quantitative estimate of drug-likeness (QED) is 0.928. The highest BCUT2D eigenvalue weighted by Gasteiger charge is 2.32. The van der Waals surface area contributed by atoms with E-state index in [4.69, 9.17) is 0 Å². The van der Waals surface area contributed by atoms with Crippen LogP contribution >= 0.6 is 0 Å². The predicted molar refractivity (Wildman–Crippen MR) is 75.2 cm³/mol. The van der Waals surface area contributed by atoms with Crippen LogP contribution in [0.2, 0.25) is 0 Å². The average molecular weight is 316 g/mol. The van der Waals surface area contributed by atoms with Crippen LogP contribution in [0.5, 0.6) is 5.75 Å². The molecule has 0 spiro atoms. The Morgan fingerprint density at radius 3 is 2.77 bits per heavy atom. The van der Waals surface area contributed by atoms with Gasteiger partial charge in [0, 0.05) is 25.7 Å². The molecule has 0 aliphatic carbocycles. The second-order valence-corrected chi connectivity index (χ2v) is 5.39. The summed E-state index contributed by atoms with van der Waals surface area (Å²) in [5, 5.41) is 3.16. The van der Waals surface area contributed by atoms with Gasteiger partial charge in [-0.2, -0.15) is 0 Å². The lowest BCUT2D eigenvalue weighted by molar-refractivity contribution is -0.275. The number of nitrogens with zero attached hydrogens (tertiary/aromatic N) is 1. The lowest BCUT2D eigenvalue weighted by Crippen LogP contribution is -2.41. The van der Waals surface area contributed by atoms with Crippen molar-refractivity contribution in [2.24, 2.45) is 5.92 Å². The largest absolute Gasteiger partial charge is 0.573 e. The molecule has 1 atom stereocenters. The Bertz CT molecular complexity index is 514. The van der Waals surface area contributed by atoms with Crippen molar-refractivity contribution in [2.45, 2.75) is 25.7 Å². The smallest absolute Gasteiger partial charge is 0.405 e. The van der Waals surface area contributed by atoms with Crippen LogP contribution in [-0.2, 0) is 11.3 Å². The summed E-state index contributed by atoms with van der Waals surface area (Å²) in [6, 6.07) is 5.88. The molecular formula is C15H19F3N2O2. The standard InChI is InChI=1S/C15H19F3N2O2/c1-20(14(21)11-6-4-8-19-9-11)10-12-5-2-3-7-13(12)22-15(16,17)18/h2-3,5,7,11,19H,4,6,8-10H2,1H3. The minimum absolute atomic E-state index is 0.0611. The fourth-order valence-electron chi connectivity index (χ4n) is 2.57. The van der Waals surface area contributed by atoms with Gasteiger partial charge in [0.05, 0.1) is 5.92 Å². The molecule has 1 unspecified atom stereocenters. The van der Waals surface area contributed by atoms with E-state index in [0.717, 1.165) is 19.4 Å². The minimum atomic E-state index is -4.74. The Labute approximate surface area is 127 Å². The Hall–Kier alpha value is -1.76. The van der Waals surface area contributed by atoms with Crippen LogP contribution < -0.4 is 10.1 Å². The van der Waals surface area contributed by atoms with Crippen molar-refractivity contribution in [3.05, 3.63) is 29.8 Å². The highest BCUT2D eigenvalue weighted by atomic mass is 19.4. The first-order valence-corrected chi connectivity index (χ1v) is 7.16. The summed E-state index contributed by atoms with van der Waals surface area (Å²) in [5.74, 6) is -0.445. The maximum absolute atomic E-state index is 12.4. The number of piperidine rings is 1. The summed E-state index contributed by atoms with van der Waals surface area (Å²) >= 11 is 0. The number of amides is 1. The van der Waals surface area contributed by atoms with E-state index >= 15 is 0 Å². The zero-order valence-corrected chi connectivity index (χ0v) is 12.3. The molecule has 0 aromatic heterocycles. The van der Waals surface area contributed by atoms with Crippen molar-refractivity contribution in [3.8, 4) is 5.75 Å². The van der Waals surface area contributed by atoms with Gasteiger partial charge in [-0.25, -0.2) is 0 Å². The number of ether oxygens (including phenoxy) is 1. The number of alkyl halides is 3. The Balaban J connectivity index is 2.04. The maximum Gasteiger partial charge on any atom is 0.573 e. The summed E-state index contributed by atoms with van der Waals surface area (Å²) in [4.78, 5) is 13.8. The van der Waals surface area contributed by atoms with Gasteiger partial charge in [-0.3, -0.25) is 4.79 Å². The monoisotopic (exact) mass is 316 g/mol. The lowest BCUT2D eigenvalue weighted by atomic mass is 9.98. The predicted octanol–water partition coefficient (Wildman–Crippen LogP) is 2.54. The molecule has 1 fully saturated rings. The topological polar surface area (TPSA) is 41.6 Å². The summed E-state index contributed by atoms with van der Waals surface area (Å²) in [5.41, 5.74) is 0.333. The summed E-state index contributed by atoms with van der Waals surface area (Å²) < 4.78 is 41.2. The van der Waals surface area contributed by atoms with Crippen molar-refractivity contribution in [3.63, 3.8) is 0 Å². The molecule has 1 heterocycles. The first-order chi connectivity index (χ1) is 10.4. The van der Waals surface area contributed by atoms with Gasteiger partial charge in [0.25, 0.3) is 0 Å². The molecule has 1 amide bonds. The SMILES string of the molecule is CN(Cc1ccccc1OC(F)(F)F)C(=O)C1CCCNC1. The Kier molecular flexibility index (Phi) is 5.28. The van der Waals surface area contributed by atoms with Crippen LogP contribution in [0, 0.1) is 5.92 Å². The molecule has 4 nitrogen and oxygen atoms in total. The van der Waals surface area contributed by atoms with Crippen LogP contribution in [0.25, 0.3) is 0 Å². The third-order valence-electron chi connectivity index (χ3n) is 3.63. The molecule has 1 aliphatic heterocycles. The molecule has 1 aromatic rings. The molecule has 1 N–H and O–H groups in total. The number of carbonyl (C=O) groups is 1. The zero-order chi connectivity index (χ0) is 16.2. The molecule has 1 aromatic carbocycles. The maximum atomic E-state index is 12.4. The Morgan fingerprint density at radius 2 is 2.14 bits per heavy atom. The molecule has 1 aliphatic rings. The summed E-state index contributed by atoms with van der Waals surface area (Å²) in [7, 11) is 1.60. The first kappa shape index (κ1) is 16.6. The van der Waals surface area contributed by atoms with Crippen molar-refractivity contribution in [1.82, 2.24) is 10.2 Å². The minimum Gasteiger partial charge on any atom is -0.405 e. The molecule has 0 radical (unpaired) electrons. The third kappa shape index (κ3) is 4.62. The highest BCUT2D eigenvalue weighted by molar-refractivity contribution is 5.79. The lowest BCUT2D eigenvalue weighted by Gasteiger charge is -2.27. The number of halogens is 3. The van der Waals surface area contributed by atoms with Gasteiger partial charge in [-0.15, -0.1) is 13.2 Å². The van der Waals surface area contributed by atoms with Crippen molar-refractivity contribution in [1.29, 1.82) is 0 Å². The second kappa shape index (κ2) is 7.00. The van der Waals surface area contributed by atoms with Crippen molar-refractivity contribution < 1.29 is 22.7 Å². The van der Waals surface area contributed by atoms with Crippen LogP contribution in [-0.4, -0.2) is 37.3 Å². The van der Waals surface area contributed by atoms with E-state index in [1.165, 1.54) is 23.1 Å².